The molecule has 2 heterocycles. The number of hydrogen-bond donors (Lipinski definition) is 2. The van der Waals surface area contributed by atoms with E-state index < -0.39 is 47.9 Å². The first-order valence-corrected chi connectivity index (χ1v) is 15.0. The van der Waals surface area contributed by atoms with E-state index in [0.29, 0.717) is 12.1 Å². The van der Waals surface area contributed by atoms with Crippen LogP contribution >= 0.6 is 0 Å². The molecule has 1 aromatic heterocycles. The van der Waals surface area contributed by atoms with Crippen molar-refractivity contribution in [1.29, 1.82) is 0 Å². The number of pyridine rings is 1. The lowest BCUT2D eigenvalue weighted by Gasteiger charge is -2.22. The van der Waals surface area contributed by atoms with Crippen molar-refractivity contribution in [1.82, 2.24) is 9.71 Å². The number of amides is 3. The fourth-order valence-corrected chi connectivity index (χ4v) is 6.28. The van der Waals surface area contributed by atoms with Gasteiger partial charge in [-0.25, -0.2) is 23.1 Å². The van der Waals surface area contributed by atoms with Gasteiger partial charge in [-0.3, -0.25) is 14.4 Å². The number of hydrogen-bond acceptors (Lipinski definition) is 7. The standard InChI is InChI=1S/C25H22F3N5O6S2/c1-16-14-24(16)22(34)32(18-7-9-20(10-8-18)40(36,37)25(26,27)28)23(35)33(24)19-11-12-29-21(13-19)31-41(38,39)30-15-17-5-3-2-4-6-17/h2-13,16,30H,14-15H2,1H3,(H,29,31). The fourth-order valence-electron chi connectivity index (χ4n) is 4.70. The largest absolute Gasteiger partial charge is 0.501 e. The van der Waals surface area contributed by atoms with Crippen LogP contribution in [0.25, 0.3) is 0 Å². The van der Waals surface area contributed by atoms with Gasteiger partial charge in [-0.15, -0.1) is 0 Å². The van der Waals surface area contributed by atoms with Gasteiger partial charge in [-0.2, -0.15) is 26.3 Å². The zero-order valence-corrected chi connectivity index (χ0v) is 22.8. The second-order valence-electron chi connectivity index (χ2n) is 9.54. The lowest BCUT2D eigenvalue weighted by Crippen LogP contribution is -2.39. The number of carbonyl (C=O) groups is 2. The molecule has 0 bridgehead atoms. The lowest BCUT2D eigenvalue weighted by atomic mass is 10.1. The average Bonchev–Trinajstić information content (AvgIpc) is 3.52. The summed E-state index contributed by atoms with van der Waals surface area (Å²) in [5.41, 5.74) is -6.08. The van der Waals surface area contributed by atoms with Crippen molar-refractivity contribution >= 4 is 49.2 Å². The lowest BCUT2D eigenvalue weighted by molar-refractivity contribution is -0.119. The van der Waals surface area contributed by atoms with Crippen LogP contribution in [0.2, 0.25) is 0 Å². The minimum absolute atomic E-state index is 0.00756. The van der Waals surface area contributed by atoms with Crippen LogP contribution in [0.1, 0.15) is 18.9 Å². The third-order valence-electron chi connectivity index (χ3n) is 6.89. The molecule has 0 radical (unpaired) electrons. The number of anilines is 3. The number of sulfone groups is 1. The van der Waals surface area contributed by atoms with Crippen LogP contribution in [0.15, 0.2) is 77.8 Å². The predicted molar refractivity (Wildman–Crippen MR) is 142 cm³/mol. The Balaban J connectivity index is 1.41. The predicted octanol–water partition coefficient (Wildman–Crippen LogP) is 3.57. The molecule has 3 amide bonds. The first kappa shape index (κ1) is 28.5. The second kappa shape index (κ2) is 9.81. The van der Waals surface area contributed by atoms with Crippen molar-refractivity contribution in [2.45, 2.75) is 35.8 Å². The normalized spacial score (nSPS) is 21.0. The molecule has 2 N–H and O–H groups in total. The van der Waals surface area contributed by atoms with E-state index in [0.717, 1.165) is 22.6 Å². The molecule has 16 heteroatoms. The van der Waals surface area contributed by atoms with E-state index in [1.165, 1.54) is 23.2 Å². The van der Waals surface area contributed by atoms with Gasteiger partial charge in [0.2, 0.25) is 0 Å². The topological polar surface area (TPSA) is 146 Å². The smallest absolute Gasteiger partial charge is 0.278 e. The SMILES string of the molecule is CC1CC12C(=O)N(c1ccc(S(=O)(=O)C(F)(F)F)cc1)C(=O)N2c1ccnc(NS(=O)(=O)NCc2ccccc2)c1. The van der Waals surface area contributed by atoms with Crippen LogP contribution in [0, 0.1) is 5.92 Å². The molecular weight excluding hydrogens is 587 g/mol. The van der Waals surface area contributed by atoms with Gasteiger partial charge in [0.05, 0.1) is 16.3 Å². The summed E-state index contributed by atoms with van der Waals surface area (Å²) in [7, 11) is -9.70. The molecule has 5 rings (SSSR count). The molecule has 41 heavy (non-hydrogen) atoms. The molecule has 1 aliphatic carbocycles. The maximum Gasteiger partial charge on any atom is 0.501 e. The van der Waals surface area contributed by atoms with Crippen LogP contribution in [0.5, 0.6) is 0 Å². The Morgan fingerprint density at radius 1 is 0.976 bits per heavy atom. The van der Waals surface area contributed by atoms with E-state index in [2.05, 4.69) is 14.4 Å². The number of carbonyl (C=O) groups excluding carboxylic acids is 2. The number of halogens is 3. The van der Waals surface area contributed by atoms with Gasteiger partial charge >= 0.3 is 21.7 Å². The highest BCUT2D eigenvalue weighted by molar-refractivity contribution is 7.92. The van der Waals surface area contributed by atoms with E-state index >= 15 is 0 Å². The van der Waals surface area contributed by atoms with Crippen molar-refractivity contribution in [3.63, 3.8) is 0 Å². The van der Waals surface area contributed by atoms with Gasteiger partial charge in [0.25, 0.3) is 15.7 Å². The molecule has 2 atom stereocenters. The highest BCUT2D eigenvalue weighted by Crippen LogP contribution is 2.55. The maximum absolute atomic E-state index is 13.6. The molecule has 3 aromatic rings. The number of imide groups is 1. The number of urea groups is 1. The minimum Gasteiger partial charge on any atom is -0.278 e. The van der Waals surface area contributed by atoms with Gasteiger partial charge in [-0.1, -0.05) is 37.3 Å². The number of aromatic nitrogens is 1. The maximum atomic E-state index is 13.6. The zero-order valence-electron chi connectivity index (χ0n) is 21.2. The first-order valence-electron chi connectivity index (χ1n) is 12.0. The Hall–Kier alpha value is -4.02. The van der Waals surface area contributed by atoms with Crippen LogP contribution in [0.3, 0.4) is 0 Å². The third-order valence-corrected chi connectivity index (χ3v) is 9.39. The summed E-state index contributed by atoms with van der Waals surface area (Å²) in [6, 6.07) is 13.9. The van der Waals surface area contributed by atoms with Crippen LogP contribution in [-0.2, 0) is 31.4 Å². The van der Waals surface area contributed by atoms with Crippen LogP contribution in [0.4, 0.5) is 35.2 Å². The highest BCUT2D eigenvalue weighted by Gasteiger charge is 2.70. The molecule has 2 unspecified atom stereocenters. The van der Waals surface area contributed by atoms with Crippen molar-refractivity contribution in [2.24, 2.45) is 5.92 Å². The van der Waals surface area contributed by atoms with E-state index in [9.17, 15) is 39.6 Å². The Morgan fingerprint density at radius 3 is 2.20 bits per heavy atom. The van der Waals surface area contributed by atoms with E-state index in [1.807, 2.05) is 0 Å². The molecule has 2 fully saturated rings. The van der Waals surface area contributed by atoms with Crippen molar-refractivity contribution < 1.29 is 39.6 Å². The molecule has 11 nitrogen and oxygen atoms in total. The summed E-state index contributed by atoms with van der Waals surface area (Å²) in [6.07, 6.45) is 1.53. The molecular formula is C25H22F3N5O6S2. The molecule has 2 aromatic carbocycles. The van der Waals surface area contributed by atoms with Crippen LogP contribution in [-0.4, -0.2) is 44.8 Å². The van der Waals surface area contributed by atoms with Gasteiger partial charge < -0.3 is 0 Å². The summed E-state index contributed by atoms with van der Waals surface area (Å²) in [5, 5.41) is 0. The molecule has 216 valence electrons. The quantitative estimate of drug-likeness (QED) is 0.372. The molecule has 1 saturated heterocycles. The average molecular weight is 610 g/mol. The molecule has 1 saturated carbocycles. The van der Waals surface area contributed by atoms with E-state index in [1.54, 1.807) is 37.3 Å². The number of nitrogens with one attached hydrogen (secondary N) is 2. The Labute approximate surface area is 233 Å². The minimum atomic E-state index is -5.62. The van der Waals surface area contributed by atoms with Crippen molar-refractivity contribution in [3.8, 4) is 0 Å². The zero-order chi connectivity index (χ0) is 29.8. The summed E-state index contributed by atoms with van der Waals surface area (Å²) in [6.45, 7) is 1.74. The van der Waals surface area contributed by atoms with E-state index in [-0.39, 0.29) is 36.1 Å². The number of rotatable bonds is 8. The molecule has 1 aliphatic heterocycles. The Kier molecular flexibility index (Phi) is 6.82. The summed E-state index contributed by atoms with van der Waals surface area (Å²) in [5.74, 6) is -1.08. The Morgan fingerprint density at radius 2 is 1.61 bits per heavy atom. The summed E-state index contributed by atoms with van der Waals surface area (Å²) in [4.78, 5) is 32.0. The third kappa shape index (κ3) is 5.02. The van der Waals surface area contributed by atoms with Gasteiger partial charge in [0.15, 0.2) is 0 Å². The van der Waals surface area contributed by atoms with Crippen LogP contribution < -0.4 is 19.2 Å². The Bertz CT molecular complexity index is 1740. The van der Waals surface area contributed by atoms with Gasteiger partial charge in [0.1, 0.15) is 11.4 Å². The summed E-state index contributed by atoms with van der Waals surface area (Å²) >= 11 is 0. The number of nitrogens with zero attached hydrogens (tertiary/aromatic N) is 3. The van der Waals surface area contributed by atoms with Crippen molar-refractivity contribution in [3.05, 3.63) is 78.5 Å². The molecule has 2 aliphatic rings. The van der Waals surface area contributed by atoms with Gasteiger partial charge in [0, 0.05) is 18.8 Å². The fraction of sp³-hybridized carbons (Fsp3) is 0.240. The highest BCUT2D eigenvalue weighted by atomic mass is 32.2. The second-order valence-corrected chi connectivity index (χ2v) is 13.0. The first-order chi connectivity index (χ1) is 19.2. The monoisotopic (exact) mass is 609 g/mol. The van der Waals surface area contributed by atoms with Crippen molar-refractivity contribution in [2.75, 3.05) is 14.5 Å². The number of alkyl halides is 3. The van der Waals surface area contributed by atoms with E-state index in [4.69, 9.17) is 0 Å². The number of benzene rings is 2. The van der Waals surface area contributed by atoms with Gasteiger partial charge in [-0.05, 0) is 48.2 Å². The summed E-state index contributed by atoms with van der Waals surface area (Å²) < 4.78 is 92.1. The molecule has 1 spiro atoms.